The maximum atomic E-state index is 13.6. The van der Waals surface area contributed by atoms with Gasteiger partial charge in [0.25, 0.3) is 11.8 Å². The van der Waals surface area contributed by atoms with E-state index in [4.69, 9.17) is 23.5 Å². The first-order chi connectivity index (χ1) is 28.5. The van der Waals surface area contributed by atoms with Gasteiger partial charge in [-0.1, -0.05) is 69.5 Å². The van der Waals surface area contributed by atoms with Gasteiger partial charge < -0.3 is 34.6 Å². The third kappa shape index (κ3) is 16.4. The molecule has 3 atom stereocenters. The normalized spacial score (nSPS) is 13.1. The molecule has 0 bridgehead atoms. The number of ether oxygens (including phenoxy) is 3. The Labute approximate surface area is 355 Å². The Morgan fingerprint density at radius 2 is 1.57 bits per heavy atom. The third-order valence-corrected chi connectivity index (χ3v) is 9.39. The lowest BCUT2D eigenvalue weighted by Crippen LogP contribution is -2.48. The zero-order chi connectivity index (χ0) is 44.3. The van der Waals surface area contributed by atoms with Crippen LogP contribution in [-0.4, -0.2) is 78.8 Å². The van der Waals surface area contributed by atoms with E-state index in [1.165, 1.54) is 11.1 Å². The van der Waals surface area contributed by atoms with Crippen molar-refractivity contribution in [3.8, 4) is 17.1 Å². The van der Waals surface area contributed by atoms with E-state index in [-0.39, 0.29) is 49.3 Å². The van der Waals surface area contributed by atoms with Crippen molar-refractivity contribution in [1.82, 2.24) is 21.0 Å². The Bertz CT molecular complexity index is 1810. The SMILES string of the molecule is CCCCC[C@@H](C(=O)NCNC(=O)c1ccc(-c2ccc(C(=O)NC[C@@H](CCOC(C)(C)C)C(=O)OC(C)(C)C)c(OCC)c2)o1)[C@@H](CC)N(C=O)OCc1ccccc1. The predicted molar refractivity (Wildman–Crippen MR) is 229 cm³/mol. The molecule has 14 heteroatoms. The summed E-state index contributed by atoms with van der Waals surface area (Å²) in [6.45, 7) is 17.6. The lowest BCUT2D eigenvalue weighted by molar-refractivity contribution is -0.200. The summed E-state index contributed by atoms with van der Waals surface area (Å²) in [5.41, 5.74) is 0.630. The molecule has 0 aliphatic carbocycles. The minimum atomic E-state index is -0.694. The second-order valence-electron chi connectivity index (χ2n) is 16.5. The highest BCUT2D eigenvalue weighted by atomic mass is 16.7. The van der Waals surface area contributed by atoms with E-state index < -0.39 is 41.3 Å². The van der Waals surface area contributed by atoms with Crippen molar-refractivity contribution < 1.29 is 47.4 Å². The number of esters is 1. The maximum Gasteiger partial charge on any atom is 0.311 e. The number of amides is 4. The molecule has 0 unspecified atom stereocenters. The molecule has 60 heavy (non-hydrogen) atoms. The zero-order valence-electron chi connectivity index (χ0n) is 36.9. The van der Waals surface area contributed by atoms with Crippen molar-refractivity contribution in [2.24, 2.45) is 11.8 Å². The molecule has 2 aromatic carbocycles. The minimum Gasteiger partial charge on any atom is -0.493 e. The van der Waals surface area contributed by atoms with Gasteiger partial charge in [0.2, 0.25) is 12.3 Å². The average Bonchev–Trinajstić information content (AvgIpc) is 3.70. The molecular weight excluding hydrogens is 769 g/mol. The fourth-order valence-electron chi connectivity index (χ4n) is 6.37. The van der Waals surface area contributed by atoms with Crippen molar-refractivity contribution in [3.05, 3.63) is 77.6 Å². The fourth-order valence-corrected chi connectivity index (χ4v) is 6.37. The molecule has 330 valence electrons. The highest BCUT2D eigenvalue weighted by Crippen LogP contribution is 2.30. The Hall–Kier alpha value is -5.21. The molecule has 3 aromatic rings. The predicted octanol–water partition coefficient (Wildman–Crippen LogP) is 7.61. The zero-order valence-corrected chi connectivity index (χ0v) is 36.9. The Morgan fingerprint density at radius 3 is 2.20 bits per heavy atom. The summed E-state index contributed by atoms with van der Waals surface area (Å²) in [4.78, 5) is 71.3. The average molecular weight is 835 g/mol. The first-order valence-electron chi connectivity index (χ1n) is 21.0. The molecule has 4 amide bonds. The van der Waals surface area contributed by atoms with E-state index >= 15 is 0 Å². The lowest BCUT2D eigenvalue weighted by atomic mass is 9.90. The molecule has 0 saturated carbocycles. The van der Waals surface area contributed by atoms with Crippen molar-refractivity contribution in [2.75, 3.05) is 26.4 Å². The first-order valence-corrected chi connectivity index (χ1v) is 21.0. The number of carbonyl (C=O) groups is 5. The summed E-state index contributed by atoms with van der Waals surface area (Å²) >= 11 is 0. The summed E-state index contributed by atoms with van der Waals surface area (Å²) in [5.74, 6) is -2.27. The first kappa shape index (κ1) is 49.2. The number of rotatable bonds is 25. The highest BCUT2D eigenvalue weighted by molar-refractivity contribution is 5.98. The molecular formula is C46H66N4O10. The molecule has 14 nitrogen and oxygen atoms in total. The van der Waals surface area contributed by atoms with Crippen LogP contribution in [0.3, 0.4) is 0 Å². The molecule has 1 aromatic heterocycles. The van der Waals surface area contributed by atoms with Crippen LogP contribution >= 0.6 is 0 Å². The molecule has 0 spiro atoms. The fraction of sp³-hybridized carbons (Fsp3) is 0.543. The third-order valence-electron chi connectivity index (χ3n) is 9.39. The van der Waals surface area contributed by atoms with Gasteiger partial charge in [-0.2, -0.15) is 0 Å². The summed E-state index contributed by atoms with van der Waals surface area (Å²) in [5, 5.41) is 9.59. The van der Waals surface area contributed by atoms with Crippen LogP contribution < -0.4 is 20.7 Å². The molecule has 0 saturated heterocycles. The molecule has 3 N–H and O–H groups in total. The number of unbranched alkanes of at least 4 members (excludes halogenated alkanes) is 2. The lowest BCUT2D eigenvalue weighted by Gasteiger charge is -2.32. The number of benzene rings is 2. The number of furan rings is 1. The van der Waals surface area contributed by atoms with Gasteiger partial charge in [0.1, 0.15) is 23.7 Å². The van der Waals surface area contributed by atoms with Gasteiger partial charge in [0.05, 0.1) is 42.3 Å². The smallest absolute Gasteiger partial charge is 0.311 e. The number of hydroxylamine groups is 2. The number of nitrogens with one attached hydrogen (secondary N) is 3. The summed E-state index contributed by atoms with van der Waals surface area (Å²) in [7, 11) is 0. The number of hydrogen-bond acceptors (Lipinski definition) is 10. The Balaban J connectivity index is 1.66. The Kier molecular flexibility index (Phi) is 19.8. The van der Waals surface area contributed by atoms with Crippen molar-refractivity contribution in [3.63, 3.8) is 0 Å². The van der Waals surface area contributed by atoms with Crippen molar-refractivity contribution in [2.45, 2.75) is 125 Å². The van der Waals surface area contributed by atoms with E-state index in [2.05, 4.69) is 22.9 Å². The molecule has 0 aliphatic rings. The number of carbonyl (C=O) groups excluding carboxylic acids is 5. The molecule has 0 radical (unpaired) electrons. The van der Waals surface area contributed by atoms with Crippen LogP contribution in [0.2, 0.25) is 0 Å². The van der Waals surface area contributed by atoms with E-state index in [0.717, 1.165) is 24.8 Å². The van der Waals surface area contributed by atoms with Gasteiger partial charge in [-0.15, -0.1) is 0 Å². The van der Waals surface area contributed by atoms with Crippen molar-refractivity contribution >= 4 is 30.1 Å². The van der Waals surface area contributed by atoms with Crippen LogP contribution in [0.15, 0.2) is 65.1 Å². The van der Waals surface area contributed by atoms with Gasteiger partial charge in [-0.05, 0) is 97.6 Å². The monoisotopic (exact) mass is 834 g/mol. The van der Waals surface area contributed by atoms with Crippen LogP contribution in [0.5, 0.6) is 5.75 Å². The summed E-state index contributed by atoms with van der Waals surface area (Å²) in [6.07, 6.45) is 4.67. The molecule has 0 aliphatic heterocycles. The van der Waals surface area contributed by atoms with Gasteiger partial charge in [0.15, 0.2) is 5.76 Å². The van der Waals surface area contributed by atoms with Crippen LogP contribution in [0.25, 0.3) is 11.3 Å². The van der Waals surface area contributed by atoms with Crippen LogP contribution in [0, 0.1) is 11.8 Å². The Morgan fingerprint density at radius 1 is 0.833 bits per heavy atom. The maximum absolute atomic E-state index is 13.6. The molecule has 0 fully saturated rings. The summed E-state index contributed by atoms with van der Waals surface area (Å²) in [6, 6.07) is 17.0. The van der Waals surface area contributed by atoms with E-state index in [9.17, 15) is 24.0 Å². The van der Waals surface area contributed by atoms with E-state index in [1.807, 2.05) is 58.0 Å². The topological polar surface area (TPSA) is 175 Å². The number of hydrogen-bond donors (Lipinski definition) is 3. The van der Waals surface area contributed by atoms with Crippen LogP contribution in [0.4, 0.5) is 0 Å². The minimum absolute atomic E-state index is 0.00928. The highest BCUT2D eigenvalue weighted by Gasteiger charge is 2.32. The van der Waals surface area contributed by atoms with Crippen molar-refractivity contribution in [1.29, 1.82) is 0 Å². The van der Waals surface area contributed by atoms with E-state index in [1.54, 1.807) is 52.0 Å². The van der Waals surface area contributed by atoms with Gasteiger partial charge >= 0.3 is 5.97 Å². The molecule has 1 heterocycles. The van der Waals surface area contributed by atoms with Gasteiger partial charge in [0, 0.05) is 18.7 Å². The second kappa shape index (κ2) is 24.1. The molecule has 3 rings (SSSR count). The standard InChI is InChI=1S/C46H66N4O10/c1-10-13-15-20-35(37(11-2)50(31-51)58-29-32-18-16-14-17-19-32)41(52)48-30-49-43(54)39-24-23-38(59-39)33-21-22-36(40(27-33)56-12-3)42(53)47-28-34(25-26-57-45(4,5)6)44(55)60-46(7,8)9/h14,16-19,21-24,27,31,34-35,37H,10-13,15,20,25-26,28-30H2,1-9H3,(H,47,53)(H,48,52)(H,49,54)/t34-,35-,37-/m1/s1. The number of nitrogens with zero attached hydrogens (tertiary/aromatic N) is 1. The van der Waals surface area contributed by atoms with Gasteiger partial charge in [-0.3, -0.25) is 28.8 Å². The second-order valence-corrected chi connectivity index (χ2v) is 16.5. The van der Waals surface area contributed by atoms with Crippen LogP contribution in [0.1, 0.15) is 127 Å². The summed E-state index contributed by atoms with van der Waals surface area (Å²) < 4.78 is 23.2. The van der Waals surface area contributed by atoms with Crippen LogP contribution in [-0.2, 0) is 35.3 Å². The van der Waals surface area contributed by atoms with E-state index in [0.29, 0.717) is 49.4 Å². The quantitative estimate of drug-likeness (QED) is 0.0253. The van der Waals surface area contributed by atoms with Gasteiger partial charge in [-0.25, -0.2) is 5.06 Å². The largest absolute Gasteiger partial charge is 0.493 e.